The van der Waals surface area contributed by atoms with Crippen molar-refractivity contribution in [2.75, 3.05) is 19.6 Å². The zero-order valence-corrected chi connectivity index (χ0v) is 11.8. The number of rotatable bonds is 4. The summed E-state index contributed by atoms with van der Waals surface area (Å²) in [5.74, 6) is 1.39. The van der Waals surface area contributed by atoms with E-state index in [1.165, 1.54) is 12.1 Å². The zero-order valence-electron chi connectivity index (χ0n) is 11.8. The molecule has 1 fully saturated rings. The Morgan fingerprint density at radius 1 is 1.19 bits per heavy atom. The Labute approximate surface area is 123 Å². The summed E-state index contributed by atoms with van der Waals surface area (Å²) in [5, 5.41) is 8.10. The maximum absolute atomic E-state index is 12.9. The summed E-state index contributed by atoms with van der Waals surface area (Å²) < 4.78 is 18.5. The van der Waals surface area contributed by atoms with E-state index in [-0.39, 0.29) is 5.82 Å². The van der Waals surface area contributed by atoms with Crippen molar-refractivity contribution in [3.05, 3.63) is 36.0 Å². The SMILES string of the molecule is NCC1CCN(Cc2nnc(-c3ccc(F)cc3)o2)CC1. The predicted molar refractivity (Wildman–Crippen MR) is 76.7 cm³/mol. The lowest BCUT2D eigenvalue weighted by Gasteiger charge is -2.30. The Kier molecular flexibility index (Phi) is 4.26. The molecule has 5 nitrogen and oxygen atoms in total. The smallest absolute Gasteiger partial charge is 0.247 e. The molecule has 112 valence electrons. The van der Waals surface area contributed by atoms with Gasteiger partial charge >= 0.3 is 0 Å². The van der Waals surface area contributed by atoms with Crippen LogP contribution in [0.5, 0.6) is 0 Å². The number of aromatic nitrogens is 2. The third kappa shape index (κ3) is 3.46. The van der Waals surface area contributed by atoms with Crippen molar-refractivity contribution in [2.24, 2.45) is 11.7 Å². The highest BCUT2D eigenvalue weighted by atomic mass is 19.1. The van der Waals surface area contributed by atoms with Gasteiger partial charge in [0.1, 0.15) is 5.82 Å². The van der Waals surface area contributed by atoms with Crippen LogP contribution in [-0.2, 0) is 6.54 Å². The van der Waals surface area contributed by atoms with Crippen LogP contribution in [0.25, 0.3) is 11.5 Å². The van der Waals surface area contributed by atoms with Crippen molar-refractivity contribution in [3.8, 4) is 11.5 Å². The van der Waals surface area contributed by atoms with Gasteiger partial charge in [0.25, 0.3) is 0 Å². The van der Waals surface area contributed by atoms with Gasteiger partial charge in [0, 0.05) is 5.56 Å². The van der Waals surface area contributed by atoms with Gasteiger partial charge in [-0.25, -0.2) is 4.39 Å². The molecule has 2 aromatic rings. The lowest BCUT2D eigenvalue weighted by molar-refractivity contribution is 0.167. The lowest BCUT2D eigenvalue weighted by Crippen LogP contribution is -2.35. The fraction of sp³-hybridized carbons (Fsp3) is 0.467. The number of likely N-dealkylation sites (tertiary alicyclic amines) is 1. The Morgan fingerprint density at radius 2 is 1.90 bits per heavy atom. The van der Waals surface area contributed by atoms with E-state index in [0.29, 0.717) is 24.2 Å². The van der Waals surface area contributed by atoms with Crippen LogP contribution >= 0.6 is 0 Å². The van der Waals surface area contributed by atoms with Crippen LogP contribution in [0.4, 0.5) is 4.39 Å². The number of nitrogens with two attached hydrogens (primary N) is 1. The molecule has 1 saturated heterocycles. The van der Waals surface area contributed by atoms with Gasteiger partial charge in [-0.2, -0.15) is 0 Å². The van der Waals surface area contributed by atoms with Crippen LogP contribution in [0.1, 0.15) is 18.7 Å². The molecule has 0 aliphatic carbocycles. The van der Waals surface area contributed by atoms with Gasteiger partial charge < -0.3 is 10.2 Å². The molecular weight excluding hydrogens is 271 g/mol. The van der Waals surface area contributed by atoms with E-state index in [1.807, 2.05) is 0 Å². The monoisotopic (exact) mass is 290 g/mol. The average Bonchev–Trinajstić information content (AvgIpc) is 2.97. The fourth-order valence-electron chi connectivity index (χ4n) is 2.60. The third-order valence-electron chi connectivity index (χ3n) is 3.96. The summed E-state index contributed by atoms with van der Waals surface area (Å²) in [7, 11) is 0. The molecule has 0 atom stereocenters. The van der Waals surface area contributed by atoms with Crippen LogP contribution < -0.4 is 5.73 Å². The molecule has 1 aromatic carbocycles. The normalized spacial score (nSPS) is 17.2. The number of halogens is 1. The largest absolute Gasteiger partial charge is 0.419 e. The Morgan fingerprint density at radius 3 is 2.57 bits per heavy atom. The highest BCUT2D eigenvalue weighted by molar-refractivity contribution is 5.51. The Hall–Kier alpha value is -1.79. The summed E-state index contributed by atoms with van der Waals surface area (Å²) in [6, 6.07) is 6.05. The van der Waals surface area contributed by atoms with Crippen molar-refractivity contribution in [1.29, 1.82) is 0 Å². The van der Waals surface area contributed by atoms with E-state index in [9.17, 15) is 4.39 Å². The summed E-state index contributed by atoms with van der Waals surface area (Å²) in [6.07, 6.45) is 2.24. The second-order valence-corrected chi connectivity index (χ2v) is 5.46. The molecule has 0 unspecified atom stereocenters. The van der Waals surface area contributed by atoms with E-state index < -0.39 is 0 Å². The van der Waals surface area contributed by atoms with Crippen molar-refractivity contribution < 1.29 is 8.81 Å². The molecule has 3 rings (SSSR count). The molecular formula is C15H19FN4O. The Bertz CT molecular complexity index is 576. The average molecular weight is 290 g/mol. The zero-order chi connectivity index (χ0) is 14.7. The maximum Gasteiger partial charge on any atom is 0.247 e. The van der Waals surface area contributed by atoms with E-state index in [2.05, 4.69) is 15.1 Å². The van der Waals surface area contributed by atoms with E-state index >= 15 is 0 Å². The minimum absolute atomic E-state index is 0.277. The van der Waals surface area contributed by atoms with E-state index in [0.717, 1.165) is 38.0 Å². The fourth-order valence-corrected chi connectivity index (χ4v) is 2.60. The van der Waals surface area contributed by atoms with Gasteiger partial charge in [-0.1, -0.05) is 0 Å². The first-order valence-corrected chi connectivity index (χ1v) is 7.25. The molecule has 0 bridgehead atoms. The summed E-state index contributed by atoms with van der Waals surface area (Å²) in [6.45, 7) is 3.45. The molecule has 21 heavy (non-hydrogen) atoms. The minimum atomic E-state index is -0.277. The number of hydrogen-bond acceptors (Lipinski definition) is 5. The second kappa shape index (κ2) is 6.32. The number of piperidine rings is 1. The van der Waals surface area contributed by atoms with Crippen molar-refractivity contribution in [3.63, 3.8) is 0 Å². The van der Waals surface area contributed by atoms with E-state index in [4.69, 9.17) is 10.2 Å². The molecule has 1 aromatic heterocycles. The highest BCUT2D eigenvalue weighted by Crippen LogP contribution is 2.21. The summed E-state index contributed by atoms with van der Waals surface area (Å²) in [5.41, 5.74) is 6.43. The molecule has 1 aliphatic rings. The van der Waals surface area contributed by atoms with Gasteiger partial charge in [-0.15, -0.1) is 10.2 Å². The van der Waals surface area contributed by atoms with Gasteiger partial charge in [-0.05, 0) is 62.7 Å². The molecule has 0 spiro atoms. The summed E-state index contributed by atoms with van der Waals surface area (Å²) in [4.78, 5) is 2.30. The minimum Gasteiger partial charge on any atom is -0.419 e. The first kappa shape index (κ1) is 14.2. The quantitative estimate of drug-likeness (QED) is 0.933. The molecule has 1 aliphatic heterocycles. The number of nitrogens with zero attached hydrogens (tertiary/aromatic N) is 3. The first-order valence-electron chi connectivity index (χ1n) is 7.25. The first-order chi connectivity index (χ1) is 10.2. The standard InChI is InChI=1S/C15H19FN4O/c16-13-3-1-12(2-4-13)15-19-18-14(21-15)10-20-7-5-11(9-17)6-8-20/h1-4,11H,5-10,17H2. The van der Waals surface area contributed by atoms with E-state index in [1.54, 1.807) is 12.1 Å². The van der Waals surface area contributed by atoms with Gasteiger partial charge in [0.05, 0.1) is 6.54 Å². The molecule has 2 heterocycles. The highest BCUT2D eigenvalue weighted by Gasteiger charge is 2.20. The van der Waals surface area contributed by atoms with Gasteiger partial charge in [-0.3, -0.25) is 4.90 Å². The molecule has 0 radical (unpaired) electrons. The van der Waals surface area contributed by atoms with Crippen LogP contribution in [0.15, 0.2) is 28.7 Å². The third-order valence-corrected chi connectivity index (χ3v) is 3.96. The number of benzene rings is 1. The second-order valence-electron chi connectivity index (χ2n) is 5.46. The van der Waals surface area contributed by atoms with Gasteiger partial charge in [0.15, 0.2) is 0 Å². The molecule has 6 heteroatoms. The lowest BCUT2D eigenvalue weighted by atomic mass is 9.97. The molecule has 0 amide bonds. The van der Waals surface area contributed by atoms with Gasteiger partial charge in [0.2, 0.25) is 11.8 Å². The predicted octanol–water partition coefficient (Wildman–Crippen LogP) is 2.05. The van der Waals surface area contributed by atoms with Crippen LogP contribution in [0, 0.1) is 11.7 Å². The van der Waals surface area contributed by atoms with Crippen molar-refractivity contribution in [2.45, 2.75) is 19.4 Å². The van der Waals surface area contributed by atoms with Crippen molar-refractivity contribution >= 4 is 0 Å². The topological polar surface area (TPSA) is 68.2 Å². The van der Waals surface area contributed by atoms with Crippen molar-refractivity contribution in [1.82, 2.24) is 15.1 Å². The maximum atomic E-state index is 12.9. The number of hydrogen-bond donors (Lipinski definition) is 1. The Balaban J connectivity index is 1.62. The summed E-state index contributed by atoms with van der Waals surface area (Å²) >= 11 is 0. The van der Waals surface area contributed by atoms with Crippen LogP contribution in [-0.4, -0.2) is 34.7 Å². The van der Waals surface area contributed by atoms with Crippen LogP contribution in [0.2, 0.25) is 0 Å². The molecule has 0 saturated carbocycles. The van der Waals surface area contributed by atoms with Crippen LogP contribution in [0.3, 0.4) is 0 Å². The molecule has 2 N–H and O–H groups in total.